The molecule has 1 aliphatic heterocycles. The quantitative estimate of drug-likeness (QED) is 0.919. The summed E-state index contributed by atoms with van der Waals surface area (Å²) in [5.41, 5.74) is 1.39. The average Bonchev–Trinajstić information content (AvgIpc) is 2.96. The predicted octanol–water partition coefficient (Wildman–Crippen LogP) is 1.57. The molecule has 8 heteroatoms. The molecular weight excluding hydrogens is 318 g/mol. The van der Waals surface area contributed by atoms with Gasteiger partial charge in [0.1, 0.15) is 4.90 Å². The topological polar surface area (TPSA) is 92.5 Å². The smallest absolute Gasteiger partial charge is 0.357 e. The van der Waals surface area contributed by atoms with Crippen LogP contribution in [0.15, 0.2) is 29.2 Å². The summed E-state index contributed by atoms with van der Waals surface area (Å²) in [6, 6.07) is 6.98. The summed E-state index contributed by atoms with van der Waals surface area (Å²) in [6.45, 7) is 3.36. The number of carboxylic acids is 1. The van der Waals surface area contributed by atoms with E-state index in [1.807, 2.05) is 19.1 Å². The van der Waals surface area contributed by atoms with Crippen LogP contribution in [0.4, 0.5) is 5.69 Å². The first-order valence-electron chi connectivity index (χ1n) is 7.14. The summed E-state index contributed by atoms with van der Waals surface area (Å²) < 4.78 is 28.9. The number of sulfonamides is 1. The van der Waals surface area contributed by atoms with Gasteiger partial charge in [0.2, 0.25) is 0 Å². The largest absolute Gasteiger partial charge is 0.476 e. The fourth-order valence-electron chi connectivity index (χ4n) is 3.04. The first-order chi connectivity index (χ1) is 10.7. The van der Waals surface area contributed by atoms with E-state index in [1.54, 1.807) is 19.1 Å². The van der Waals surface area contributed by atoms with E-state index < -0.39 is 21.7 Å². The molecule has 23 heavy (non-hydrogen) atoms. The molecule has 0 saturated carbocycles. The number of aromatic carboxylic acids is 1. The van der Waals surface area contributed by atoms with E-state index >= 15 is 0 Å². The third-order valence-electron chi connectivity index (χ3n) is 4.14. The van der Waals surface area contributed by atoms with Crippen LogP contribution in [-0.4, -0.2) is 35.3 Å². The molecule has 0 aliphatic carbocycles. The van der Waals surface area contributed by atoms with E-state index in [9.17, 15) is 18.3 Å². The van der Waals surface area contributed by atoms with Gasteiger partial charge in [0.15, 0.2) is 5.69 Å². The van der Waals surface area contributed by atoms with Crippen LogP contribution in [0.1, 0.15) is 28.7 Å². The molecule has 122 valence electrons. The highest BCUT2D eigenvalue weighted by atomic mass is 32.2. The Morgan fingerprint density at radius 2 is 2.00 bits per heavy atom. The van der Waals surface area contributed by atoms with Crippen molar-refractivity contribution in [1.82, 2.24) is 9.78 Å². The monoisotopic (exact) mass is 335 g/mol. The zero-order valence-corrected chi connectivity index (χ0v) is 13.8. The second-order valence-corrected chi connectivity index (χ2v) is 7.43. The third kappa shape index (κ3) is 2.21. The number of para-hydroxylation sites is 1. The highest BCUT2D eigenvalue weighted by molar-refractivity contribution is 7.93. The standard InChI is InChI=1S/C15H17N3O4S/c1-9-8-11-6-4-5-7-12(11)18(9)23(21,22)14-10(2)17(3)16-13(14)15(19)20/h4-7,9H,8H2,1-3H3,(H,19,20). The van der Waals surface area contributed by atoms with Gasteiger partial charge in [0.25, 0.3) is 10.0 Å². The van der Waals surface area contributed by atoms with E-state index in [0.29, 0.717) is 17.8 Å². The molecule has 1 atom stereocenters. The van der Waals surface area contributed by atoms with Crippen molar-refractivity contribution in [2.45, 2.75) is 31.2 Å². The number of rotatable bonds is 3. The Morgan fingerprint density at radius 3 is 2.65 bits per heavy atom. The van der Waals surface area contributed by atoms with E-state index in [-0.39, 0.29) is 10.9 Å². The average molecular weight is 335 g/mol. The van der Waals surface area contributed by atoms with Crippen molar-refractivity contribution in [3.63, 3.8) is 0 Å². The number of hydrogen-bond acceptors (Lipinski definition) is 4. The van der Waals surface area contributed by atoms with Gasteiger partial charge in [-0.3, -0.25) is 8.99 Å². The van der Waals surface area contributed by atoms with Gasteiger partial charge in [0.05, 0.1) is 11.4 Å². The summed E-state index contributed by atoms with van der Waals surface area (Å²) in [4.78, 5) is 11.2. The SMILES string of the molecule is Cc1c(S(=O)(=O)N2c3ccccc3CC2C)c(C(=O)O)nn1C. The van der Waals surface area contributed by atoms with Crippen molar-refractivity contribution in [3.05, 3.63) is 41.2 Å². The molecule has 0 radical (unpaired) electrons. The summed E-state index contributed by atoms with van der Waals surface area (Å²) in [6.07, 6.45) is 0.594. The van der Waals surface area contributed by atoms with Gasteiger partial charge in [-0.05, 0) is 31.9 Å². The van der Waals surface area contributed by atoms with Crippen LogP contribution in [0.3, 0.4) is 0 Å². The van der Waals surface area contributed by atoms with Gasteiger partial charge < -0.3 is 5.11 Å². The Labute approximate surface area is 134 Å². The number of carboxylic acid groups (broad SMARTS) is 1. The zero-order chi connectivity index (χ0) is 16.9. The molecule has 0 saturated heterocycles. The Kier molecular flexibility index (Phi) is 3.44. The number of aryl methyl sites for hydroxylation is 1. The van der Waals surface area contributed by atoms with Gasteiger partial charge in [-0.2, -0.15) is 5.10 Å². The maximum absolute atomic E-state index is 13.2. The normalized spacial score (nSPS) is 17.3. The highest BCUT2D eigenvalue weighted by Gasteiger charge is 2.40. The lowest BCUT2D eigenvalue weighted by molar-refractivity contribution is 0.0685. The Bertz CT molecular complexity index is 901. The molecule has 0 bridgehead atoms. The van der Waals surface area contributed by atoms with E-state index in [1.165, 1.54) is 16.0 Å². The van der Waals surface area contributed by atoms with Crippen LogP contribution in [0.25, 0.3) is 0 Å². The maximum Gasteiger partial charge on any atom is 0.357 e. The van der Waals surface area contributed by atoms with Crippen molar-refractivity contribution in [3.8, 4) is 0 Å². The molecular formula is C15H17N3O4S. The molecule has 0 spiro atoms. The number of anilines is 1. The van der Waals surface area contributed by atoms with Gasteiger partial charge in [-0.15, -0.1) is 0 Å². The molecule has 0 fully saturated rings. The minimum absolute atomic E-state index is 0.240. The van der Waals surface area contributed by atoms with E-state index in [0.717, 1.165) is 5.56 Å². The molecule has 1 unspecified atom stereocenters. The van der Waals surface area contributed by atoms with Crippen LogP contribution in [-0.2, 0) is 23.5 Å². The van der Waals surface area contributed by atoms with E-state index in [2.05, 4.69) is 5.10 Å². The minimum Gasteiger partial charge on any atom is -0.476 e. The Balaban J connectivity index is 2.23. The lowest BCUT2D eigenvalue weighted by Crippen LogP contribution is -2.36. The van der Waals surface area contributed by atoms with Crippen LogP contribution in [0.5, 0.6) is 0 Å². The number of fused-ring (bicyclic) bond motifs is 1. The summed E-state index contributed by atoms with van der Waals surface area (Å²) >= 11 is 0. The summed E-state index contributed by atoms with van der Waals surface area (Å²) in [5.74, 6) is -1.35. The fraction of sp³-hybridized carbons (Fsp3) is 0.333. The number of aromatic nitrogens is 2. The van der Waals surface area contributed by atoms with Crippen molar-refractivity contribution >= 4 is 21.7 Å². The third-order valence-corrected chi connectivity index (χ3v) is 6.22. The molecule has 1 aliphatic rings. The number of benzene rings is 1. The van der Waals surface area contributed by atoms with Crippen LogP contribution < -0.4 is 4.31 Å². The highest BCUT2D eigenvalue weighted by Crippen LogP contribution is 2.37. The summed E-state index contributed by atoms with van der Waals surface area (Å²) in [5, 5.41) is 13.2. The Hall–Kier alpha value is -2.35. The second kappa shape index (κ2) is 5.09. The number of hydrogen-bond donors (Lipinski definition) is 1. The molecule has 0 amide bonds. The Morgan fingerprint density at radius 1 is 1.35 bits per heavy atom. The van der Waals surface area contributed by atoms with Gasteiger partial charge >= 0.3 is 5.97 Å². The van der Waals surface area contributed by atoms with Crippen molar-refractivity contribution in [2.24, 2.45) is 7.05 Å². The predicted molar refractivity (Wildman–Crippen MR) is 84.2 cm³/mol. The van der Waals surface area contributed by atoms with Crippen LogP contribution in [0, 0.1) is 6.92 Å². The molecule has 1 N–H and O–H groups in total. The first-order valence-corrected chi connectivity index (χ1v) is 8.58. The lowest BCUT2D eigenvalue weighted by atomic mass is 10.1. The van der Waals surface area contributed by atoms with Gasteiger partial charge in [-0.25, -0.2) is 13.2 Å². The molecule has 3 rings (SSSR count). The maximum atomic E-state index is 13.2. The van der Waals surface area contributed by atoms with Crippen molar-refractivity contribution in [2.75, 3.05) is 4.31 Å². The second-order valence-electron chi connectivity index (χ2n) is 5.67. The van der Waals surface area contributed by atoms with Gasteiger partial charge in [-0.1, -0.05) is 18.2 Å². The molecule has 2 aromatic rings. The number of carbonyl (C=O) groups is 1. The van der Waals surface area contributed by atoms with E-state index in [4.69, 9.17) is 0 Å². The molecule has 1 aromatic carbocycles. The summed E-state index contributed by atoms with van der Waals surface area (Å²) in [7, 11) is -2.49. The zero-order valence-electron chi connectivity index (χ0n) is 13.0. The molecule has 2 heterocycles. The lowest BCUT2D eigenvalue weighted by Gasteiger charge is -2.24. The van der Waals surface area contributed by atoms with Crippen LogP contribution >= 0.6 is 0 Å². The van der Waals surface area contributed by atoms with Crippen molar-refractivity contribution in [1.29, 1.82) is 0 Å². The number of nitrogens with zero attached hydrogens (tertiary/aromatic N) is 3. The van der Waals surface area contributed by atoms with Crippen molar-refractivity contribution < 1.29 is 18.3 Å². The first kappa shape index (κ1) is 15.5. The van der Waals surface area contributed by atoms with Crippen LogP contribution in [0.2, 0.25) is 0 Å². The minimum atomic E-state index is -4.02. The fourth-order valence-corrected chi connectivity index (χ4v) is 5.10. The van der Waals surface area contributed by atoms with Gasteiger partial charge in [0, 0.05) is 13.1 Å². The molecule has 1 aromatic heterocycles. The molecule has 7 nitrogen and oxygen atoms in total.